The maximum atomic E-state index is 11.3. The molecule has 17 heavy (non-hydrogen) atoms. The number of aromatic carboxylic acids is 1. The van der Waals surface area contributed by atoms with Crippen molar-refractivity contribution in [3.63, 3.8) is 0 Å². The molecule has 5 heteroatoms. The molecule has 0 radical (unpaired) electrons. The molecule has 0 atom stereocenters. The third kappa shape index (κ3) is 1.84. The first-order valence-corrected chi connectivity index (χ1v) is 5.34. The fourth-order valence-corrected chi connectivity index (χ4v) is 1.80. The number of methoxy groups -OCH3 is 1. The second-order valence-electron chi connectivity index (χ2n) is 4.08. The number of carbonyl (C=O) groups is 1. The fraction of sp³-hybridized carbons (Fsp3) is 0.333. The van der Waals surface area contributed by atoms with E-state index in [2.05, 4.69) is 5.10 Å². The Kier molecular flexibility index (Phi) is 2.75. The van der Waals surface area contributed by atoms with Crippen LogP contribution in [-0.4, -0.2) is 28.0 Å². The number of carboxylic acid groups (broad SMARTS) is 1. The Morgan fingerprint density at radius 2 is 2.18 bits per heavy atom. The summed E-state index contributed by atoms with van der Waals surface area (Å²) in [6, 6.07) is 5.20. The number of ether oxygens (including phenoxy) is 1. The summed E-state index contributed by atoms with van der Waals surface area (Å²) in [5.74, 6) is -0.297. The zero-order chi connectivity index (χ0) is 12.6. The van der Waals surface area contributed by atoms with E-state index in [1.165, 1.54) is 4.68 Å². The number of nitrogens with zero attached hydrogens (tertiary/aromatic N) is 2. The zero-order valence-corrected chi connectivity index (χ0v) is 9.97. The van der Waals surface area contributed by atoms with Crippen LogP contribution in [0.4, 0.5) is 0 Å². The Bertz CT molecular complexity index is 572. The van der Waals surface area contributed by atoms with Gasteiger partial charge in [-0.05, 0) is 26.0 Å². The molecule has 90 valence electrons. The van der Waals surface area contributed by atoms with Gasteiger partial charge < -0.3 is 9.84 Å². The van der Waals surface area contributed by atoms with Crippen LogP contribution in [0.3, 0.4) is 0 Å². The molecule has 1 aromatic carbocycles. The van der Waals surface area contributed by atoms with Gasteiger partial charge in [-0.15, -0.1) is 0 Å². The summed E-state index contributed by atoms with van der Waals surface area (Å²) in [6.07, 6.45) is 0. The van der Waals surface area contributed by atoms with E-state index in [4.69, 9.17) is 4.74 Å². The van der Waals surface area contributed by atoms with E-state index in [0.29, 0.717) is 16.7 Å². The standard InChI is InChI=1S/C12H14N2O3/c1-7(2)14-11(12(15)16)9-5-4-8(17-3)6-10(9)13-14/h4-7H,1-3H3,(H,15,16). The lowest BCUT2D eigenvalue weighted by Gasteiger charge is -2.07. The summed E-state index contributed by atoms with van der Waals surface area (Å²) >= 11 is 0. The molecule has 1 heterocycles. The van der Waals surface area contributed by atoms with Gasteiger partial charge in [0.2, 0.25) is 0 Å². The highest BCUT2D eigenvalue weighted by Crippen LogP contribution is 2.25. The topological polar surface area (TPSA) is 64.3 Å². The van der Waals surface area contributed by atoms with E-state index in [-0.39, 0.29) is 11.7 Å². The Hall–Kier alpha value is -2.04. The first-order chi connectivity index (χ1) is 8.04. The van der Waals surface area contributed by atoms with Crippen molar-refractivity contribution in [1.29, 1.82) is 0 Å². The van der Waals surface area contributed by atoms with Crippen molar-refractivity contribution in [3.8, 4) is 5.75 Å². The summed E-state index contributed by atoms with van der Waals surface area (Å²) in [5.41, 5.74) is 0.855. The lowest BCUT2D eigenvalue weighted by Crippen LogP contribution is -2.12. The molecule has 2 aromatic rings. The van der Waals surface area contributed by atoms with E-state index in [1.54, 1.807) is 25.3 Å². The molecule has 0 bridgehead atoms. The van der Waals surface area contributed by atoms with E-state index >= 15 is 0 Å². The molecule has 0 unspecified atom stereocenters. The zero-order valence-electron chi connectivity index (χ0n) is 9.97. The second kappa shape index (κ2) is 4.08. The van der Waals surface area contributed by atoms with E-state index < -0.39 is 5.97 Å². The van der Waals surface area contributed by atoms with Crippen molar-refractivity contribution in [3.05, 3.63) is 23.9 Å². The van der Waals surface area contributed by atoms with Gasteiger partial charge in [-0.3, -0.25) is 4.68 Å². The number of hydrogen-bond donors (Lipinski definition) is 1. The van der Waals surface area contributed by atoms with Crippen LogP contribution in [-0.2, 0) is 0 Å². The molecule has 1 N–H and O–H groups in total. The summed E-state index contributed by atoms with van der Waals surface area (Å²) in [7, 11) is 1.57. The number of aromatic nitrogens is 2. The lowest BCUT2D eigenvalue weighted by molar-refractivity contribution is 0.0683. The Labute approximate surface area is 98.6 Å². The van der Waals surface area contributed by atoms with Crippen LogP contribution in [0, 0.1) is 0 Å². The number of hydrogen-bond acceptors (Lipinski definition) is 3. The molecule has 5 nitrogen and oxygen atoms in total. The normalized spacial score (nSPS) is 11.1. The quantitative estimate of drug-likeness (QED) is 0.885. The summed E-state index contributed by atoms with van der Waals surface area (Å²) < 4.78 is 6.62. The predicted molar refractivity (Wildman–Crippen MR) is 63.6 cm³/mol. The minimum atomic E-state index is -0.966. The van der Waals surface area contributed by atoms with Crippen molar-refractivity contribution >= 4 is 16.9 Å². The summed E-state index contributed by atoms with van der Waals surface area (Å²) in [5, 5.41) is 14.2. The molecular weight excluding hydrogens is 220 g/mol. The molecular formula is C12H14N2O3. The smallest absolute Gasteiger partial charge is 0.354 e. The van der Waals surface area contributed by atoms with Gasteiger partial charge in [0.25, 0.3) is 0 Å². The third-order valence-electron chi connectivity index (χ3n) is 2.60. The van der Waals surface area contributed by atoms with Gasteiger partial charge in [-0.2, -0.15) is 5.10 Å². The summed E-state index contributed by atoms with van der Waals surface area (Å²) in [6.45, 7) is 3.80. The first-order valence-electron chi connectivity index (χ1n) is 5.34. The maximum Gasteiger partial charge on any atom is 0.354 e. The molecule has 0 spiro atoms. The van der Waals surface area contributed by atoms with Gasteiger partial charge >= 0.3 is 5.97 Å². The number of benzene rings is 1. The van der Waals surface area contributed by atoms with Crippen molar-refractivity contribution in [2.75, 3.05) is 7.11 Å². The summed E-state index contributed by atoms with van der Waals surface area (Å²) in [4.78, 5) is 11.3. The van der Waals surface area contributed by atoms with Crippen molar-refractivity contribution in [1.82, 2.24) is 9.78 Å². The Balaban J connectivity index is 2.74. The van der Waals surface area contributed by atoms with E-state index in [9.17, 15) is 9.90 Å². The van der Waals surface area contributed by atoms with Gasteiger partial charge in [0, 0.05) is 17.5 Å². The van der Waals surface area contributed by atoms with Gasteiger partial charge in [0.05, 0.1) is 12.6 Å². The largest absolute Gasteiger partial charge is 0.497 e. The monoisotopic (exact) mass is 234 g/mol. The second-order valence-corrected chi connectivity index (χ2v) is 4.08. The maximum absolute atomic E-state index is 11.3. The average molecular weight is 234 g/mol. The molecule has 2 rings (SSSR count). The third-order valence-corrected chi connectivity index (χ3v) is 2.60. The van der Waals surface area contributed by atoms with Crippen molar-refractivity contribution in [2.24, 2.45) is 0 Å². The van der Waals surface area contributed by atoms with Gasteiger partial charge in [0.1, 0.15) is 5.75 Å². The van der Waals surface area contributed by atoms with Crippen LogP contribution in [0.1, 0.15) is 30.4 Å². The predicted octanol–water partition coefficient (Wildman–Crippen LogP) is 2.32. The number of carboxylic acids is 1. The van der Waals surface area contributed by atoms with Crippen LogP contribution in [0.25, 0.3) is 10.9 Å². The lowest BCUT2D eigenvalue weighted by atomic mass is 10.2. The highest BCUT2D eigenvalue weighted by atomic mass is 16.5. The van der Waals surface area contributed by atoms with Crippen LogP contribution >= 0.6 is 0 Å². The minimum Gasteiger partial charge on any atom is -0.497 e. The fourth-order valence-electron chi connectivity index (χ4n) is 1.80. The van der Waals surface area contributed by atoms with Crippen LogP contribution < -0.4 is 4.74 Å². The van der Waals surface area contributed by atoms with Crippen LogP contribution in [0.2, 0.25) is 0 Å². The molecule has 0 fully saturated rings. The van der Waals surface area contributed by atoms with Crippen LogP contribution in [0.5, 0.6) is 5.75 Å². The van der Waals surface area contributed by atoms with E-state index in [0.717, 1.165) is 0 Å². The Morgan fingerprint density at radius 1 is 1.47 bits per heavy atom. The minimum absolute atomic E-state index is 0.000468. The highest BCUT2D eigenvalue weighted by Gasteiger charge is 2.19. The number of fused-ring (bicyclic) bond motifs is 1. The first kappa shape index (κ1) is 11.4. The molecule has 0 saturated carbocycles. The number of rotatable bonds is 3. The average Bonchev–Trinajstić information content (AvgIpc) is 2.66. The molecule has 1 aromatic heterocycles. The van der Waals surface area contributed by atoms with Gasteiger partial charge in [-0.25, -0.2) is 4.79 Å². The molecule has 0 aliphatic rings. The SMILES string of the molecule is COc1ccc2c(C(=O)O)n(C(C)C)nc2c1. The van der Waals surface area contributed by atoms with Gasteiger partial charge in [-0.1, -0.05) is 0 Å². The Morgan fingerprint density at radius 3 is 2.71 bits per heavy atom. The highest BCUT2D eigenvalue weighted by molar-refractivity contribution is 6.01. The molecule has 0 aliphatic heterocycles. The van der Waals surface area contributed by atoms with Crippen molar-refractivity contribution in [2.45, 2.75) is 19.9 Å². The van der Waals surface area contributed by atoms with Crippen LogP contribution in [0.15, 0.2) is 18.2 Å². The van der Waals surface area contributed by atoms with E-state index in [1.807, 2.05) is 13.8 Å². The molecule has 0 amide bonds. The molecule has 0 aliphatic carbocycles. The van der Waals surface area contributed by atoms with Crippen molar-refractivity contribution < 1.29 is 14.6 Å². The van der Waals surface area contributed by atoms with Gasteiger partial charge in [0.15, 0.2) is 5.69 Å². The molecule has 0 saturated heterocycles.